The van der Waals surface area contributed by atoms with Gasteiger partial charge in [0.25, 0.3) is 5.91 Å². The van der Waals surface area contributed by atoms with E-state index in [9.17, 15) is 9.59 Å². The summed E-state index contributed by atoms with van der Waals surface area (Å²) in [6.45, 7) is 1.86. The lowest BCUT2D eigenvalue weighted by molar-refractivity contribution is -0.139. The Labute approximate surface area is 124 Å². The topological polar surface area (TPSA) is 66.4 Å². The normalized spacial score (nSPS) is 11.9. The number of rotatable bonds is 5. The van der Waals surface area contributed by atoms with Crippen LogP contribution in [0, 0.1) is 3.57 Å². The van der Waals surface area contributed by atoms with E-state index < -0.39 is 17.9 Å². The van der Waals surface area contributed by atoms with Crippen LogP contribution in [0.4, 0.5) is 0 Å². The second-order valence-electron chi connectivity index (χ2n) is 3.78. The summed E-state index contributed by atoms with van der Waals surface area (Å²) in [6, 6.07) is 4.01. The van der Waals surface area contributed by atoms with Crippen LogP contribution < -0.4 is 5.32 Å². The number of aliphatic carboxylic acids is 1. The van der Waals surface area contributed by atoms with Gasteiger partial charge in [0, 0.05) is 9.13 Å². The van der Waals surface area contributed by atoms with Crippen molar-refractivity contribution in [2.24, 2.45) is 0 Å². The first-order chi connectivity index (χ1) is 8.45. The molecule has 1 unspecified atom stereocenters. The molecule has 0 saturated heterocycles. The number of benzene rings is 1. The van der Waals surface area contributed by atoms with Gasteiger partial charge in [-0.15, -0.1) is 0 Å². The van der Waals surface area contributed by atoms with E-state index in [0.29, 0.717) is 23.4 Å². The second kappa shape index (κ2) is 6.94. The molecular weight excluding hydrogens is 368 g/mol. The number of nitrogens with one attached hydrogen (secondary N) is 1. The van der Waals surface area contributed by atoms with Crippen molar-refractivity contribution in [3.8, 4) is 0 Å². The summed E-state index contributed by atoms with van der Waals surface area (Å²) in [5, 5.41) is 11.9. The average molecular weight is 382 g/mol. The van der Waals surface area contributed by atoms with Crippen molar-refractivity contribution in [3.05, 3.63) is 32.4 Å². The lowest BCUT2D eigenvalue weighted by Gasteiger charge is -2.13. The molecule has 2 N–H and O–H groups in total. The van der Waals surface area contributed by atoms with Gasteiger partial charge in [-0.05, 0) is 47.2 Å². The summed E-state index contributed by atoms with van der Waals surface area (Å²) < 4.78 is 0.842. The minimum atomic E-state index is -1.03. The first kappa shape index (κ1) is 15.2. The second-order valence-corrected chi connectivity index (χ2v) is 5.35. The van der Waals surface area contributed by atoms with Crippen LogP contribution in [-0.4, -0.2) is 23.0 Å². The van der Waals surface area contributed by atoms with Crippen LogP contribution in [0.2, 0.25) is 5.02 Å². The highest BCUT2D eigenvalue weighted by Gasteiger charge is 2.19. The summed E-state index contributed by atoms with van der Waals surface area (Å²) in [6.07, 6.45) is 1.09. The Hall–Kier alpha value is -0.820. The minimum absolute atomic E-state index is 0.364. The van der Waals surface area contributed by atoms with E-state index >= 15 is 0 Å². The monoisotopic (exact) mass is 381 g/mol. The van der Waals surface area contributed by atoms with Gasteiger partial charge >= 0.3 is 5.97 Å². The Morgan fingerprint density at radius 2 is 2.17 bits per heavy atom. The fourth-order valence-electron chi connectivity index (χ4n) is 1.43. The molecule has 1 aromatic rings. The summed E-state index contributed by atoms with van der Waals surface area (Å²) in [5.74, 6) is -1.45. The van der Waals surface area contributed by atoms with Gasteiger partial charge in [0.15, 0.2) is 0 Å². The van der Waals surface area contributed by atoms with Crippen molar-refractivity contribution in [3.63, 3.8) is 0 Å². The maximum atomic E-state index is 11.9. The number of carboxylic acid groups (broad SMARTS) is 1. The van der Waals surface area contributed by atoms with Gasteiger partial charge in [-0.2, -0.15) is 0 Å². The molecule has 0 radical (unpaired) electrons. The van der Waals surface area contributed by atoms with Gasteiger partial charge in [0.05, 0.1) is 5.02 Å². The molecular formula is C12H13ClINO3. The van der Waals surface area contributed by atoms with Gasteiger partial charge in [-0.1, -0.05) is 24.9 Å². The fraction of sp³-hybridized carbons (Fsp3) is 0.333. The number of halogens is 2. The van der Waals surface area contributed by atoms with Gasteiger partial charge < -0.3 is 10.4 Å². The molecule has 1 amide bonds. The van der Waals surface area contributed by atoms with Crippen molar-refractivity contribution in [2.45, 2.75) is 25.8 Å². The third-order valence-electron chi connectivity index (χ3n) is 2.36. The molecule has 6 heteroatoms. The average Bonchev–Trinajstić information content (AvgIpc) is 2.31. The molecule has 4 nitrogen and oxygen atoms in total. The van der Waals surface area contributed by atoms with Crippen molar-refractivity contribution in [1.29, 1.82) is 0 Å². The maximum Gasteiger partial charge on any atom is 0.326 e. The van der Waals surface area contributed by atoms with Crippen LogP contribution in [-0.2, 0) is 4.79 Å². The van der Waals surface area contributed by atoms with Crippen LogP contribution in [0.3, 0.4) is 0 Å². The van der Waals surface area contributed by atoms with E-state index in [-0.39, 0.29) is 0 Å². The lowest BCUT2D eigenvalue weighted by atomic mass is 10.1. The van der Waals surface area contributed by atoms with E-state index in [1.807, 2.05) is 6.92 Å². The van der Waals surface area contributed by atoms with E-state index in [4.69, 9.17) is 16.7 Å². The van der Waals surface area contributed by atoms with Gasteiger partial charge in [0.2, 0.25) is 0 Å². The van der Waals surface area contributed by atoms with Gasteiger partial charge in [-0.3, -0.25) is 4.79 Å². The zero-order valence-corrected chi connectivity index (χ0v) is 12.7. The van der Waals surface area contributed by atoms with Crippen molar-refractivity contribution >= 4 is 46.1 Å². The molecule has 0 fully saturated rings. The number of hydrogen-bond donors (Lipinski definition) is 2. The Bertz CT molecular complexity index is 465. The molecule has 0 heterocycles. The van der Waals surface area contributed by atoms with Crippen molar-refractivity contribution < 1.29 is 14.7 Å². The molecule has 98 valence electrons. The Balaban J connectivity index is 2.80. The number of carbonyl (C=O) groups is 2. The van der Waals surface area contributed by atoms with Crippen LogP contribution in [0.1, 0.15) is 30.1 Å². The smallest absolute Gasteiger partial charge is 0.326 e. The van der Waals surface area contributed by atoms with E-state index in [0.717, 1.165) is 3.57 Å². The molecule has 0 aliphatic rings. The fourth-order valence-corrected chi connectivity index (χ4v) is 1.94. The molecule has 0 spiro atoms. The molecule has 0 bridgehead atoms. The van der Waals surface area contributed by atoms with Crippen molar-refractivity contribution in [2.75, 3.05) is 0 Å². The highest BCUT2D eigenvalue weighted by atomic mass is 127. The predicted octanol–water partition coefficient (Wildman–Crippen LogP) is 2.93. The molecule has 0 saturated carbocycles. The van der Waals surface area contributed by atoms with Crippen LogP contribution in [0.25, 0.3) is 0 Å². The summed E-state index contributed by atoms with van der Waals surface area (Å²) in [7, 11) is 0. The Morgan fingerprint density at radius 1 is 1.50 bits per heavy atom. The third kappa shape index (κ3) is 4.13. The van der Waals surface area contributed by atoms with Crippen LogP contribution in [0.15, 0.2) is 18.2 Å². The first-order valence-corrected chi connectivity index (χ1v) is 6.90. The van der Waals surface area contributed by atoms with Crippen LogP contribution in [0.5, 0.6) is 0 Å². The number of hydrogen-bond acceptors (Lipinski definition) is 2. The standard InChI is InChI=1S/C12H13ClINO3/c1-2-3-10(12(17)18)15-11(16)7-4-5-9(14)8(13)6-7/h4-6,10H,2-3H2,1H3,(H,15,16)(H,17,18). The summed E-state index contributed by atoms with van der Waals surface area (Å²) in [4.78, 5) is 22.8. The molecule has 0 aromatic heterocycles. The SMILES string of the molecule is CCCC(NC(=O)c1ccc(I)c(Cl)c1)C(=O)O. The highest BCUT2D eigenvalue weighted by Crippen LogP contribution is 2.19. The Kier molecular flexibility index (Phi) is 5.87. The number of amides is 1. The minimum Gasteiger partial charge on any atom is -0.480 e. The molecule has 1 aromatic carbocycles. The molecule has 18 heavy (non-hydrogen) atoms. The lowest BCUT2D eigenvalue weighted by Crippen LogP contribution is -2.40. The van der Waals surface area contributed by atoms with E-state index in [1.54, 1.807) is 12.1 Å². The molecule has 0 aliphatic carbocycles. The zero-order chi connectivity index (χ0) is 13.7. The first-order valence-electron chi connectivity index (χ1n) is 5.44. The van der Waals surface area contributed by atoms with E-state index in [2.05, 4.69) is 27.9 Å². The molecule has 1 rings (SSSR count). The van der Waals surface area contributed by atoms with Gasteiger partial charge in [0.1, 0.15) is 6.04 Å². The summed E-state index contributed by atoms with van der Waals surface area (Å²) >= 11 is 7.97. The summed E-state index contributed by atoms with van der Waals surface area (Å²) in [5.41, 5.74) is 0.364. The predicted molar refractivity (Wildman–Crippen MR) is 78.0 cm³/mol. The quantitative estimate of drug-likeness (QED) is 0.771. The maximum absolute atomic E-state index is 11.9. The molecule has 0 aliphatic heterocycles. The highest BCUT2D eigenvalue weighted by molar-refractivity contribution is 14.1. The number of carboxylic acids is 1. The van der Waals surface area contributed by atoms with Crippen LogP contribution >= 0.6 is 34.2 Å². The Morgan fingerprint density at radius 3 is 2.67 bits per heavy atom. The van der Waals surface area contributed by atoms with E-state index in [1.165, 1.54) is 6.07 Å². The molecule has 1 atom stereocenters. The number of carbonyl (C=O) groups excluding carboxylic acids is 1. The zero-order valence-electron chi connectivity index (χ0n) is 9.74. The van der Waals surface area contributed by atoms with Gasteiger partial charge in [-0.25, -0.2) is 4.79 Å². The third-order valence-corrected chi connectivity index (χ3v) is 3.93. The largest absolute Gasteiger partial charge is 0.480 e. The van der Waals surface area contributed by atoms with Crippen molar-refractivity contribution in [1.82, 2.24) is 5.32 Å².